The average Bonchev–Trinajstić information content (AvgIpc) is 2.57. The highest BCUT2D eigenvalue weighted by atomic mass is 35.5. The van der Waals surface area contributed by atoms with Crippen molar-refractivity contribution in [3.8, 4) is 5.75 Å². The zero-order chi connectivity index (χ0) is 16.8. The minimum Gasteiger partial charge on any atom is -0.484 e. The maximum atomic E-state index is 12.2. The summed E-state index contributed by atoms with van der Waals surface area (Å²) in [4.78, 5) is 23.2. The Kier molecular flexibility index (Phi) is 5.56. The molecule has 7 heteroatoms. The number of ether oxygens (including phenoxy) is 1. The SMILES string of the molecule is Cc1c(Cl)cccc1NC(=O)c1ccc(OCC(=O)NN)cc1. The fourth-order valence-corrected chi connectivity index (χ4v) is 2.00. The van der Waals surface area contributed by atoms with Crippen LogP contribution in [0.15, 0.2) is 42.5 Å². The lowest BCUT2D eigenvalue weighted by Gasteiger charge is -2.10. The van der Waals surface area contributed by atoms with Crippen LogP contribution in [-0.4, -0.2) is 18.4 Å². The van der Waals surface area contributed by atoms with Gasteiger partial charge in [0.25, 0.3) is 11.8 Å². The Morgan fingerprint density at radius 3 is 2.52 bits per heavy atom. The number of carbonyl (C=O) groups excluding carboxylic acids is 2. The standard InChI is InChI=1S/C16H16ClN3O3/c1-10-13(17)3-2-4-14(10)19-16(22)11-5-7-12(8-6-11)23-9-15(21)20-18/h2-8H,9,18H2,1H3,(H,19,22)(H,20,21). The van der Waals surface area contributed by atoms with Crippen LogP contribution in [0.2, 0.25) is 5.02 Å². The molecule has 0 unspecified atom stereocenters. The Bertz CT molecular complexity index is 717. The van der Waals surface area contributed by atoms with Gasteiger partial charge in [-0.3, -0.25) is 15.0 Å². The van der Waals surface area contributed by atoms with E-state index < -0.39 is 5.91 Å². The number of nitrogens with one attached hydrogen (secondary N) is 2. The molecule has 120 valence electrons. The molecule has 2 amide bonds. The molecule has 0 aliphatic heterocycles. The number of anilines is 1. The highest BCUT2D eigenvalue weighted by Gasteiger charge is 2.09. The van der Waals surface area contributed by atoms with E-state index in [1.54, 1.807) is 42.5 Å². The van der Waals surface area contributed by atoms with Crippen LogP contribution in [-0.2, 0) is 4.79 Å². The maximum absolute atomic E-state index is 12.2. The van der Waals surface area contributed by atoms with E-state index in [0.29, 0.717) is 22.0 Å². The maximum Gasteiger partial charge on any atom is 0.271 e. The summed E-state index contributed by atoms with van der Waals surface area (Å²) in [5, 5.41) is 3.39. The van der Waals surface area contributed by atoms with Crippen molar-refractivity contribution in [1.29, 1.82) is 0 Å². The minimum absolute atomic E-state index is 0.191. The molecule has 0 aliphatic rings. The summed E-state index contributed by atoms with van der Waals surface area (Å²) in [7, 11) is 0. The van der Waals surface area contributed by atoms with E-state index in [2.05, 4.69) is 5.32 Å². The predicted octanol–water partition coefficient (Wildman–Crippen LogP) is 2.27. The molecule has 0 saturated carbocycles. The van der Waals surface area contributed by atoms with Gasteiger partial charge in [-0.15, -0.1) is 0 Å². The van der Waals surface area contributed by atoms with Crippen LogP contribution in [0.4, 0.5) is 5.69 Å². The van der Waals surface area contributed by atoms with Crippen molar-refractivity contribution in [3.63, 3.8) is 0 Å². The highest BCUT2D eigenvalue weighted by molar-refractivity contribution is 6.31. The minimum atomic E-state index is -0.441. The number of hydrazine groups is 1. The van der Waals surface area contributed by atoms with Crippen LogP contribution in [0.25, 0.3) is 0 Å². The largest absolute Gasteiger partial charge is 0.484 e. The molecular weight excluding hydrogens is 318 g/mol. The van der Waals surface area contributed by atoms with Gasteiger partial charge < -0.3 is 10.1 Å². The number of nitrogens with two attached hydrogens (primary N) is 1. The van der Waals surface area contributed by atoms with E-state index in [1.807, 2.05) is 12.3 Å². The summed E-state index contributed by atoms with van der Waals surface area (Å²) in [6.45, 7) is 1.64. The van der Waals surface area contributed by atoms with Gasteiger partial charge in [-0.25, -0.2) is 5.84 Å². The summed E-state index contributed by atoms with van der Waals surface area (Å²) < 4.78 is 5.21. The summed E-state index contributed by atoms with van der Waals surface area (Å²) >= 11 is 6.03. The van der Waals surface area contributed by atoms with E-state index in [9.17, 15) is 9.59 Å². The molecule has 0 aromatic heterocycles. The van der Waals surface area contributed by atoms with Gasteiger partial charge >= 0.3 is 0 Å². The van der Waals surface area contributed by atoms with Gasteiger partial charge in [-0.05, 0) is 48.9 Å². The van der Waals surface area contributed by atoms with Crippen molar-refractivity contribution in [2.24, 2.45) is 5.84 Å². The van der Waals surface area contributed by atoms with Gasteiger partial charge in [0.2, 0.25) is 0 Å². The van der Waals surface area contributed by atoms with Crippen LogP contribution < -0.4 is 21.3 Å². The number of hydrogen-bond donors (Lipinski definition) is 3. The Balaban J connectivity index is 2.03. The topological polar surface area (TPSA) is 93.4 Å². The Morgan fingerprint density at radius 1 is 1.17 bits per heavy atom. The second kappa shape index (κ2) is 7.62. The Morgan fingerprint density at radius 2 is 1.87 bits per heavy atom. The molecule has 0 saturated heterocycles. The summed E-state index contributed by atoms with van der Waals surface area (Å²) in [5.74, 6) is 4.71. The molecule has 0 aliphatic carbocycles. The van der Waals surface area contributed by atoms with Crippen molar-refractivity contribution in [2.75, 3.05) is 11.9 Å². The third-order valence-electron chi connectivity index (χ3n) is 3.16. The van der Waals surface area contributed by atoms with Crippen molar-refractivity contribution in [1.82, 2.24) is 5.43 Å². The molecular formula is C16H16ClN3O3. The molecule has 0 radical (unpaired) electrons. The predicted molar refractivity (Wildman–Crippen MR) is 88.4 cm³/mol. The lowest BCUT2D eigenvalue weighted by molar-refractivity contribution is -0.123. The van der Waals surface area contributed by atoms with Crippen molar-refractivity contribution in [3.05, 3.63) is 58.6 Å². The Hall–Kier alpha value is -2.57. The van der Waals surface area contributed by atoms with Gasteiger partial charge in [0, 0.05) is 16.3 Å². The average molecular weight is 334 g/mol. The molecule has 0 spiro atoms. The first kappa shape index (κ1) is 16.8. The zero-order valence-corrected chi connectivity index (χ0v) is 13.2. The number of benzene rings is 2. The molecule has 23 heavy (non-hydrogen) atoms. The quantitative estimate of drug-likeness (QED) is 0.444. The second-order valence-electron chi connectivity index (χ2n) is 4.75. The van der Waals surface area contributed by atoms with Crippen LogP contribution in [0.3, 0.4) is 0 Å². The monoisotopic (exact) mass is 333 g/mol. The molecule has 2 rings (SSSR count). The van der Waals surface area contributed by atoms with Crippen molar-refractivity contribution < 1.29 is 14.3 Å². The van der Waals surface area contributed by atoms with Gasteiger partial charge in [-0.1, -0.05) is 17.7 Å². The number of halogens is 1. The van der Waals surface area contributed by atoms with Crippen LogP contribution in [0.1, 0.15) is 15.9 Å². The summed E-state index contributed by atoms with van der Waals surface area (Å²) in [6, 6.07) is 11.7. The molecule has 0 heterocycles. The normalized spacial score (nSPS) is 10.0. The number of rotatable bonds is 5. The summed E-state index contributed by atoms with van der Waals surface area (Å²) in [6.07, 6.45) is 0. The summed E-state index contributed by atoms with van der Waals surface area (Å²) in [5.41, 5.74) is 3.88. The van der Waals surface area contributed by atoms with Gasteiger partial charge in [0.05, 0.1) is 0 Å². The first-order chi connectivity index (χ1) is 11.0. The molecule has 0 bridgehead atoms. The second-order valence-corrected chi connectivity index (χ2v) is 5.15. The lowest BCUT2D eigenvalue weighted by atomic mass is 10.1. The zero-order valence-electron chi connectivity index (χ0n) is 12.4. The first-order valence-corrected chi connectivity index (χ1v) is 7.18. The molecule has 0 fully saturated rings. The fourth-order valence-electron chi connectivity index (χ4n) is 1.83. The highest BCUT2D eigenvalue weighted by Crippen LogP contribution is 2.23. The van der Waals surface area contributed by atoms with E-state index in [0.717, 1.165) is 5.56 Å². The molecule has 6 nitrogen and oxygen atoms in total. The van der Waals surface area contributed by atoms with E-state index >= 15 is 0 Å². The number of carbonyl (C=O) groups is 2. The first-order valence-electron chi connectivity index (χ1n) is 6.80. The van der Waals surface area contributed by atoms with E-state index in [-0.39, 0.29) is 12.5 Å². The van der Waals surface area contributed by atoms with Gasteiger partial charge in [0.1, 0.15) is 5.75 Å². The van der Waals surface area contributed by atoms with E-state index in [1.165, 1.54) is 0 Å². The number of hydrogen-bond acceptors (Lipinski definition) is 4. The van der Waals surface area contributed by atoms with E-state index in [4.69, 9.17) is 22.2 Å². The third kappa shape index (κ3) is 4.45. The molecule has 2 aromatic rings. The molecule has 2 aromatic carbocycles. The van der Waals surface area contributed by atoms with Gasteiger partial charge in [-0.2, -0.15) is 0 Å². The van der Waals surface area contributed by atoms with Gasteiger partial charge in [0.15, 0.2) is 6.61 Å². The third-order valence-corrected chi connectivity index (χ3v) is 3.57. The fraction of sp³-hybridized carbons (Fsp3) is 0.125. The van der Waals surface area contributed by atoms with Crippen LogP contribution in [0, 0.1) is 6.92 Å². The Labute approximate surface area is 138 Å². The van der Waals surface area contributed by atoms with Crippen molar-refractivity contribution >= 4 is 29.1 Å². The van der Waals surface area contributed by atoms with Crippen molar-refractivity contribution in [2.45, 2.75) is 6.92 Å². The smallest absolute Gasteiger partial charge is 0.271 e. The number of amides is 2. The van der Waals surface area contributed by atoms with Crippen LogP contribution >= 0.6 is 11.6 Å². The molecule has 4 N–H and O–H groups in total. The van der Waals surface area contributed by atoms with Crippen LogP contribution in [0.5, 0.6) is 5.75 Å². The molecule has 0 atom stereocenters. The lowest BCUT2D eigenvalue weighted by Crippen LogP contribution is -2.34.